The number of benzene rings is 1. The lowest BCUT2D eigenvalue weighted by Gasteiger charge is -2.11. The van der Waals surface area contributed by atoms with Gasteiger partial charge in [0.05, 0.1) is 5.56 Å². The first-order valence-electron chi connectivity index (χ1n) is 4.23. The van der Waals surface area contributed by atoms with Gasteiger partial charge in [-0.1, -0.05) is 15.9 Å². The first kappa shape index (κ1) is 13.2. The zero-order valence-electron chi connectivity index (χ0n) is 8.38. The van der Waals surface area contributed by atoms with Gasteiger partial charge in [0.1, 0.15) is 5.82 Å². The zero-order chi connectivity index (χ0) is 12.7. The van der Waals surface area contributed by atoms with Crippen LogP contribution in [0.3, 0.4) is 0 Å². The van der Waals surface area contributed by atoms with Crippen molar-refractivity contribution in [3.8, 4) is 0 Å². The molecule has 88 valence electrons. The zero-order valence-corrected chi connectivity index (χ0v) is 9.96. The molecule has 0 aliphatic carbocycles. The van der Waals surface area contributed by atoms with E-state index >= 15 is 0 Å². The monoisotopic (exact) mass is 298 g/mol. The summed E-state index contributed by atoms with van der Waals surface area (Å²) in [5.74, 6) is -3.29. The summed E-state index contributed by atoms with van der Waals surface area (Å²) in [6.45, 7) is 2.87. The minimum absolute atomic E-state index is 0.0296. The fraction of sp³-hybridized carbons (Fsp3) is 0.300. The normalized spacial score (nSPS) is 11.7. The van der Waals surface area contributed by atoms with E-state index in [1.807, 2.05) is 0 Å². The first-order chi connectivity index (χ1) is 7.16. The first-order valence-corrected chi connectivity index (χ1v) is 5.02. The molecule has 0 saturated carbocycles. The Hall–Kier alpha value is -0.910. The van der Waals surface area contributed by atoms with Gasteiger partial charge in [-0.2, -0.15) is 13.2 Å². The van der Waals surface area contributed by atoms with Crippen LogP contribution >= 0.6 is 15.9 Å². The van der Waals surface area contributed by atoms with Crippen LogP contribution in [0, 0.1) is 19.7 Å². The second-order valence-corrected chi connectivity index (χ2v) is 4.15. The molecule has 0 fully saturated rings. The molecule has 0 aliphatic heterocycles. The maximum absolute atomic E-state index is 13.5. The molecule has 1 aromatic rings. The van der Waals surface area contributed by atoms with Crippen molar-refractivity contribution < 1.29 is 22.4 Å². The molecular weight excluding hydrogens is 292 g/mol. The average molecular weight is 299 g/mol. The average Bonchev–Trinajstić information content (AvgIpc) is 2.18. The fourth-order valence-corrected chi connectivity index (χ4v) is 1.69. The third kappa shape index (κ3) is 2.26. The van der Waals surface area contributed by atoms with Gasteiger partial charge < -0.3 is 0 Å². The maximum atomic E-state index is 13.5. The van der Waals surface area contributed by atoms with E-state index < -0.39 is 23.3 Å². The van der Waals surface area contributed by atoms with Crippen LogP contribution in [0.1, 0.15) is 21.5 Å². The summed E-state index contributed by atoms with van der Waals surface area (Å²) in [5.41, 5.74) is -0.458. The third-order valence-corrected chi connectivity index (χ3v) is 3.08. The molecule has 0 atom stereocenters. The summed E-state index contributed by atoms with van der Waals surface area (Å²) in [5, 5.41) is 0. The van der Waals surface area contributed by atoms with Gasteiger partial charge in [0, 0.05) is 4.47 Å². The lowest BCUT2D eigenvalue weighted by molar-refractivity contribution is -0.0887. The van der Waals surface area contributed by atoms with Gasteiger partial charge in [0.2, 0.25) is 0 Å². The number of rotatable bonds is 1. The number of Topliss-reactive ketones (excluding diaryl/α,β-unsaturated/α-hetero) is 1. The van der Waals surface area contributed by atoms with Crippen LogP contribution in [0.4, 0.5) is 17.6 Å². The van der Waals surface area contributed by atoms with Crippen molar-refractivity contribution in [2.45, 2.75) is 20.0 Å². The molecule has 16 heavy (non-hydrogen) atoms. The van der Waals surface area contributed by atoms with Crippen molar-refractivity contribution >= 4 is 21.7 Å². The van der Waals surface area contributed by atoms with Crippen molar-refractivity contribution in [2.75, 3.05) is 0 Å². The molecule has 0 radical (unpaired) electrons. The minimum Gasteiger partial charge on any atom is -0.284 e. The molecule has 0 amide bonds. The molecule has 1 rings (SSSR count). The van der Waals surface area contributed by atoms with Gasteiger partial charge in [-0.3, -0.25) is 4.79 Å². The highest BCUT2D eigenvalue weighted by Gasteiger charge is 2.41. The number of halogens is 5. The van der Waals surface area contributed by atoms with E-state index in [1.165, 1.54) is 6.92 Å². The van der Waals surface area contributed by atoms with Gasteiger partial charge in [0.25, 0.3) is 5.78 Å². The van der Waals surface area contributed by atoms with E-state index in [-0.39, 0.29) is 10.0 Å². The lowest BCUT2D eigenvalue weighted by atomic mass is 10.0. The minimum atomic E-state index is -5.07. The molecule has 1 nitrogen and oxygen atoms in total. The van der Waals surface area contributed by atoms with Gasteiger partial charge in [0.15, 0.2) is 0 Å². The van der Waals surface area contributed by atoms with Crippen LogP contribution in [0.5, 0.6) is 0 Å². The van der Waals surface area contributed by atoms with Crippen molar-refractivity contribution in [3.63, 3.8) is 0 Å². The Bertz CT molecular complexity index is 451. The fourth-order valence-electron chi connectivity index (χ4n) is 1.16. The van der Waals surface area contributed by atoms with E-state index in [0.717, 1.165) is 6.07 Å². The number of alkyl halides is 3. The molecule has 1 aromatic carbocycles. The molecule has 0 aromatic heterocycles. The van der Waals surface area contributed by atoms with Crippen LogP contribution in [0.15, 0.2) is 10.5 Å². The Kier molecular flexibility index (Phi) is 3.42. The Labute approximate surface area is 97.6 Å². The van der Waals surface area contributed by atoms with Crippen molar-refractivity contribution in [1.29, 1.82) is 0 Å². The molecule has 0 N–H and O–H groups in total. The second-order valence-electron chi connectivity index (χ2n) is 3.30. The maximum Gasteiger partial charge on any atom is 0.454 e. The summed E-state index contributed by atoms with van der Waals surface area (Å²) in [6, 6.07) is 0.855. The van der Waals surface area contributed by atoms with E-state index in [0.29, 0.717) is 5.56 Å². The van der Waals surface area contributed by atoms with Gasteiger partial charge >= 0.3 is 6.18 Å². The van der Waals surface area contributed by atoms with Crippen LogP contribution in [-0.2, 0) is 0 Å². The van der Waals surface area contributed by atoms with E-state index in [9.17, 15) is 22.4 Å². The molecule has 0 aliphatic rings. The Morgan fingerprint density at radius 1 is 1.25 bits per heavy atom. The van der Waals surface area contributed by atoms with Crippen LogP contribution in [0.25, 0.3) is 0 Å². The predicted octanol–water partition coefficient (Wildman–Crippen LogP) is 3.95. The highest BCUT2D eigenvalue weighted by atomic mass is 79.9. The number of hydrogen-bond donors (Lipinski definition) is 0. The molecule has 0 bridgehead atoms. The molecule has 6 heteroatoms. The lowest BCUT2D eigenvalue weighted by Crippen LogP contribution is -2.24. The summed E-state index contributed by atoms with van der Waals surface area (Å²) >= 11 is 2.98. The van der Waals surface area contributed by atoms with Crippen LogP contribution in [-0.4, -0.2) is 12.0 Å². The second kappa shape index (κ2) is 4.16. The van der Waals surface area contributed by atoms with E-state index in [2.05, 4.69) is 15.9 Å². The molecule has 0 heterocycles. The SMILES string of the molecule is Cc1c(Br)cc(C(=O)C(F)(F)F)c(F)c1C. The highest BCUT2D eigenvalue weighted by Crippen LogP contribution is 2.29. The summed E-state index contributed by atoms with van der Waals surface area (Å²) < 4.78 is 50.2. The highest BCUT2D eigenvalue weighted by molar-refractivity contribution is 9.10. The number of carbonyl (C=O) groups is 1. The largest absolute Gasteiger partial charge is 0.454 e. The van der Waals surface area contributed by atoms with Crippen molar-refractivity contribution in [3.05, 3.63) is 33.0 Å². The van der Waals surface area contributed by atoms with Crippen LogP contribution in [0.2, 0.25) is 0 Å². The number of carbonyl (C=O) groups excluding carboxylic acids is 1. The molecule has 0 unspecified atom stereocenters. The predicted molar refractivity (Wildman–Crippen MR) is 54.0 cm³/mol. The van der Waals surface area contributed by atoms with Gasteiger partial charge in [-0.25, -0.2) is 4.39 Å². The molecular formula is C10H7BrF4O. The topological polar surface area (TPSA) is 17.1 Å². The number of ketones is 1. The van der Waals surface area contributed by atoms with Crippen LogP contribution < -0.4 is 0 Å². The Balaban J connectivity index is 3.43. The summed E-state index contributed by atoms with van der Waals surface area (Å²) in [6.07, 6.45) is -5.07. The van der Waals surface area contributed by atoms with E-state index in [4.69, 9.17) is 0 Å². The molecule has 0 saturated heterocycles. The molecule has 0 spiro atoms. The van der Waals surface area contributed by atoms with E-state index in [1.54, 1.807) is 6.92 Å². The van der Waals surface area contributed by atoms with Gasteiger partial charge in [-0.15, -0.1) is 0 Å². The summed E-state index contributed by atoms with van der Waals surface area (Å²) in [7, 11) is 0. The standard InChI is InChI=1S/C10H7BrF4O/c1-4-5(2)8(12)6(3-7(4)11)9(16)10(13,14)15/h3H,1-2H3. The number of hydrogen-bond acceptors (Lipinski definition) is 1. The smallest absolute Gasteiger partial charge is 0.284 e. The van der Waals surface area contributed by atoms with Crippen molar-refractivity contribution in [1.82, 2.24) is 0 Å². The summed E-state index contributed by atoms with van der Waals surface area (Å²) in [4.78, 5) is 10.9. The van der Waals surface area contributed by atoms with Crippen molar-refractivity contribution in [2.24, 2.45) is 0 Å². The Morgan fingerprint density at radius 2 is 1.75 bits per heavy atom. The third-order valence-electron chi connectivity index (χ3n) is 2.26. The Morgan fingerprint density at radius 3 is 2.19 bits per heavy atom. The van der Waals surface area contributed by atoms with Gasteiger partial charge in [-0.05, 0) is 31.0 Å². The quantitative estimate of drug-likeness (QED) is 0.567.